The van der Waals surface area contributed by atoms with Gasteiger partial charge in [0, 0.05) is 37.0 Å². The second kappa shape index (κ2) is 4.89. The molecule has 0 saturated carbocycles. The van der Waals surface area contributed by atoms with Gasteiger partial charge in [-0.05, 0) is 11.4 Å². The zero-order chi connectivity index (χ0) is 9.80. The van der Waals surface area contributed by atoms with Crippen LogP contribution in [0, 0.1) is 5.92 Å². The van der Waals surface area contributed by atoms with Crippen LogP contribution in [0.15, 0.2) is 17.5 Å². The van der Waals surface area contributed by atoms with Crippen molar-refractivity contribution in [3.63, 3.8) is 0 Å². The first-order chi connectivity index (χ1) is 6.86. The molecular formula is C10H16N2OS. The number of hydrogen-bond donors (Lipinski definition) is 3. The van der Waals surface area contributed by atoms with E-state index in [1.807, 2.05) is 0 Å². The van der Waals surface area contributed by atoms with Crippen LogP contribution in [0.5, 0.6) is 0 Å². The first-order valence-electron chi connectivity index (χ1n) is 4.98. The lowest BCUT2D eigenvalue weighted by Gasteiger charge is -2.13. The first kappa shape index (κ1) is 10.1. The second-order valence-electron chi connectivity index (χ2n) is 3.70. The molecule has 3 N–H and O–H groups in total. The Morgan fingerprint density at radius 1 is 1.57 bits per heavy atom. The Balaban J connectivity index is 1.68. The minimum atomic E-state index is -0.175. The summed E-state index contributed by atoms with van der Waals surface area (Å²) in [6.07, 6.45) is -0.175. The monoisotopic (exact) mass is 212 g/mol. The number of thiophene rings is 1. The van der Waals surface area contributed by atoms with Crippen LogP contribution in [0.3, 0.4) is 0 Å². The summed E-state index contributed by atoms with van der Waals surface area (Å²) >= 11 is 1.77. The molecule has 0 amide bonds. The van der Waals surface area contributed by atoms with E-state index in [2.05, 4.69) is 28.1 Å². The topological polar surface area (TPSA) is 44.3 Å². The standard InChI is InChI=1S/C10H16N2OS/c13-10-7-12-5-8(10)4-11-6-9-2-1-3-14-9/h1-3,8,10-13H,4-7H2. The Kier molecular flexibility index (Phi) is 3.53. The molecule has 1 aromatic heterocycles. The average Bonchev–Trinajstić information content (AvgIpc) is 2.78. The third-order valence-corrected chi connectivity index (χ3v) is 3.47. The Bertz CT molecular complexity index is 263. The highest BCUT2D eigenvalue weighted by Crippen LogP contribution is 2.10. The van der Waals surface area contributed by atoms with Gasteiger partial charge in [0.25, 0.3) is 0 Å². The van der Waals surface area contributed by atoms with E-state index in [-0.39, 0.29) is 6.10 Å². The van der Waals surface area contributed by atoms with E-state index in [9.17, 15) is 5.11 Å². The molecule has 0 radical (unpaired) electrons. The molecule has 3 nitrogen and oxygen atoms in total. The van der Waals surface area contributed by atoms with E-state index >= 15 is 0 Å². The van der Waals surface area contributed by atoms with Gasteiger partial charge in [0.15, 0.2) is 0 Å². The molecule has 1 aliphatic heterocycles. The van der Waals surface area contributed by atoms with Crippen LogP contribution < -0.4 is 10.6 Å². The van der Waals surface area contributed by atoms with E-state index in [0.29, 0.717) is 5.92 Å². The molecule has 1 aliphatic rings. The van der Waals surface area contributed by atoms with Gasteiger partial charge >= 0.3 is 0 Å². The number of aliphatic hydroxyl groups is 1. The highest BCUT2D eigenvalue weighted by molar-refractivity contribution is 7.09. The average molecular weight is 212 g/mol. The summed E-state index contributed by atoms with van der Waals surface area (Å²) < 4.78 is 0. The summed E-state index contributed by atoms with van der Waals surface area (Å²) in [7, 11) is 0. The number of nitrogens with one attached hydrogen (secondary N) is 2. The van der Waals surface area contributed by atoms with Crippen LogP contribution in [0.4, 0.5) is 0 Å². The normalized spacial score (nSPS) is 26.9. The first-order valence-corrected chi connectivity index (χ1v) is 5.86. The second-order valence-corrected chi connectivity index (χ2v) is 4.73. The van der Waals surface area contributed by atoms with Gasteiger partial charge in [0.2, 0.25) is 0 Å². The Hall–Kier alpha value is -0.420. The van der Waals surface area contributed by atoms with Gasteiger partial charge in [-0.25, -0.2) is 0 Å². The quantitative estimate of drug-likeness (QED) is 0.677. The van der Waals surface area contributed by atoms with Crippen molar-refractivity contribution in [3.8, 4) is 0 Å². The third-order valence-electron chi connectivity index (χ3n) is 2.59. The lowest BCUT2D eigenvalue weighted by Crippen LogP contribution is -2.29. The maximum atomic E-state index is 9.55. The zero-order valence-corrected chi connectivity index (χ0v) is 8.89. The predicted octanol–water partition coefficient (Wildman–Crippen LogP) is 0.418. The molecule has 1 fully saturated rings. The van der Waals surface area contributed by atoms with E-state index < -0.39 is 0 Å². The van der Waals surface area contributed by atoms with Crippen LogP contribution in [-0.2, 0) is 6.54 Å². The van der Waals surface area contributed by atoms with Gasteiger partial charge in [0.05, 0.1) is 6.10 Å². The lowest BCUT2D eigenvalue weighted by atomic mass is 10.1. The van der Waals surface area contributed by atoms with Gasteiger partial charge in [-0.15, -0.1) is 11.3 Å². The molecule has 0 spiro atoms. The molecule has 2 unspecified atom stereocenters. The molecule has 1 aromatic rings. The number of hydrogen-bond acceptors (Lipinski definition) is 4. The number of rotatable bonds is 4. The van der Waals surface area contributed by atoms with Gasteiger partial charge in [-0.1, -0.05) is 6.07 Å². The summed E-state index contributed by atoms with van der Waals surface area (Å²) in [4.78, 5) is 1.35. The molecule has 0 aliphatic carbocycles. The van der Waals surface area contributed by atoms with Crippen molar-refractivity contribution in [1.29, 1.82) is 0 Å². The minimum Gasteiger partial charge on any atom is -0.391 e. The van der Waals surface area contributed by atoms with E-state index in [4.69, 9.17) is 0 Å². The molecular weight excluding hydrogens is 196 g/mol. The minimum absolute atomic E-state index is 0.175. The fraction of sp³-hybridized carbons (Fsp3) is 0.600. The Morgan fingerprint density at radius 3 is 3.14 bits per heavy atom. The highest BCUT2D eigenvalue weighted by atomic mass is 32.1. The van der Waals surface area contributed by atoms with Crippen LogP contribution >= 0.6 is 11.3 Å². The number of aliphatic hydroxyl groups excluding tert-OH is 1. The molecule has 0 bridgehead atoms. The molecule has 1 saturated heterocycles. The van der Waals surface area contributed by atoms with Crippen LogP contribution in [-0.4, -0.2) is 30.8 Å². The Morgan fingerprint density at radius 2 is 2.50 bits per heavy atom. The summed E-state index contributed by atoms with van der Waals surface area (Å²) in [5, 5.41) is 18.2. The molecule has 0 aromatic carbocycles. The summed E-state index contributed by atoms with van der Waals surface area (Å²) in [6, 6.07) is 4.19. The van der Waals surface area contributed by atoms with Crippen molar-refractivity contribution in [2.45, 2.75) is 12.6 Å². The van der Waals surface area contributed by atoms with Gasteiger partial charge in [-0.3, -0.25) is 0 Å². The summed E-state index contributed by atoms with van der Waals surface area (Å²) in [5.74, 6) is 0.370. The van der Waals surface area contributed by atoms with E-state index in [0.717, 1.165) is 26.2 Å². The molecule has 2 atom stereocenters. The highest BCUT2D eigenvalue weighted by Gasteiger charge is 2.23. The maximum Gasteiger partial charge on any atom is 0.0716 e. The SMILES string of the molecule is OC1CNCC1CNCc1cccs1. The fourth-order valence-corrected chi connectivity index (χ4v) is 2.40. The van der Waals surface area contributed by atoms with E-state index in [1.54, 1.807) is 11.3 Å². The number of β-amino-alcohol motifs (C(OH)–C–C–N with tert-alkyl or cyclic N) is 1. The van der Waals surface area contributed by atoms with Crippen molar-refractivity contribution in [2.75, 3.05) is 19.6 Å². The molecule has 2 rings (SSSR count). The fourth-order valence-electron chi connectivity index (χ4n) is 1.72. The van der Waals surface area contributed by atoms with Crippen LogP contribution in [0.2, 0.25) is 0 Å². The van der Waals surface area contributed by atoms with Crippen LogP contribution in [0.25, 0.3) is 0 Å². The maximum absolute atomic E-state index is 9.55. The Labute approximate surface area is 88.1 Å². The van der Waals surface area contributed by atoms with Crippen molar-refractivity contribution >= 4 is 11.3 Å². The van der Waals surface area contributed by atoms with Gasteiger partial charge in [-0.2, -0.15) is 0 Å². The van der Waals surface area contributed by atoms with Crippen molar-refractivity contribution in [2.24, 2.45) is 5.92 Å². The molecule has 4 heteroatoms. The third kappa shape index (κ3) is 2.54. The smallest absolute Gasteiger partial charge is 0.0716 e. The zero-order valence-electron chi connectivity index (χ0n) is 8.07. The largest absolute Gasteiger partial charge is 0.391 e. The van der Waals surface area contributed by atoms with Crippen molar-refractivity contribution in [1.82, 2.24) is 10.6 Å². The van der Waals surface area contributed by atoms with Crippen molar-refractivity contribution in [3.05, 3.63) is 22.4 Å². The molecule has 78 valence electrons. The lowest BCUT2D eigenvalue weighted by molar-refractivity contribution is 0.146. The van der Waals surface area contributed by atoms with Gasteiger partial charge < -0.3 is 15.7 Å². The van der Waals surface area contributed by atoms with E-state index in [1.165, 1.54) is 4.88 Å². The summed E-state index contributed by atoms with van der Waals surface area (Å²) in [5.41, 5.74) is 0. The van der Waals surface area contributed by atoms with Crippen molar-refractivity contribution < 1.29 is 5.11 Å². The predicted molar refractivity (Wildman–Crippen MR) is 58.4 cm³/mol. The molecule has 14 heavy (non-hydrogen) atoms. The van der Waals surface area contributed by atoms with Gasteiger partial charge in [0.1, 0.15) is 0 Å². The summed E-state index contributed by atoms with van der Waals surface area (Å²) in [6.45, 7) is 3.48. The molecule has 2 heterocycles. The van der Waals surface area contributed by atoms with Crippen LogP contribution in [0.1, 0.15) is 4.88 Å².